The number of carbonyl (C=O) groups excluding carboxylic acids is 3. The van der Waals surface area contributed by atoms with Crippen molar-refractivity contribution in [2.75, 3.05) is 12.4 Å². The Labute approximate surface area is 157 Å². The lowest BCUT2D eigenvalue weighted by atomic mass is 10.1. The molecule has 1 aromatic heterocycles. The molecule has 0 spiro atoms. The summed E-state index contributed by atoms with van der Waals surface area (Å²) >= 11 is 1.34. The summed E-state index contributed by atoms with van der Waals surface area (Å²) in [6, 6.07) is 5.18. The van der Waals surface area contributed by atoms with Crippen molar-refractivity contribution in [1.82, 2.24) is 4.90 Å². The van der Waals surface area contributed by atoms with Crippen LogP contribution in [0.15, 0.2) is 41.0 Å². The SMILES string of the molecule is CC(=O)N1[C@H](C(=O)OCC(=O)c2ccc(F)c(F)c2)CS[C@H]1c1ccco1. The summed E-state index contributed by atoms with van der Waals surface area (Å²) in [5.74, 6) is -3.19. The number of rotatable bonds is 5. The first kappa shape index (κ1) is 19.1. The average molecular weight is 395 g/mol. The van der Waals surface area contributed by atoms with Crippen LogP contribution in [0.2, 0.25) is 0 Å². The number of Topliss-reactive ketones (excluding diaryl/α,β-unsaturated/α-hetero) is 1. The lowest BCUT2D eigenvalue weighted by molar-refractivity contribution is -0.152. The van der Waals surface area contributed by atoms with Crippen LogP contribution in [0.1, 0.15) is 28.4 Å². The van der Waals surface area contributed by atoms with Gasteiger partial charge in [-0.3, -0.25) is 9.59 Å². The summed E-state index contributed by atoms with van der Waals surface area (Å²) in [6.45, 7) is 0.691. The fourth-order valence-corrected chi connectivity index (χ4v) is 4.12. The van der Waals surface area contributed by atoms with Crippen molar-refractivity contribution in [3.8, 4) is 0 Å². The standard InChI is InChI=1S/C18H15F2NO5S/c1-10(22)21-14(9-27-17(21)16-3-2-6-25-16)18(24)26-8-15(23)11-4-5-12(19)13(20)7-11/h2-7,14,17H,8-9H2,1H3/t14-,17-/m0/s1. The van der Waals surface area contributed by atoms with E-state index in [0.717, 1.165) is 18.2 Å². The van der Waals surface area contributed by atoms with E-state index in [4.69, 9.17) is 9.15 Å². The van der Waals surface area contributed by atoms with Gasteiger partial charge in [-0.25, -0.2) is 13.6 Å². The molecule has 0 unspecified atom stereocenters. The van der Waals surface area contributed by atoms with Crippen LogP contribution in [0.5, 0.6) is 0 Å². The Morgan fingerprint density at radius 3 is 2.67 bits per heavy atom. The minimum Gasteiger partial charge on any atom is -0.466 e. The summed E-state index contributed by atoms with van der Waals surface area (Å²) in [4.78, 5) is 37.8. The van der Waals surface area contributed by atoms with E-state index in [2.05, 4.69) is 0 Å². The van der Waals surface area contributed by atoms with Crippen molar-refractivity contribution in [1.29, 1.82) is 0 Å². The number of nitrogens with zero attached hydrogens (tertiary/aromatic N) is 1. The van der Waals surface area contributed by atoms with Gasteiger partial charge in [0.2, 0.25) is 5.91 Å². The molecule has 6 nitrogen and oxygen atoms in total. The Kier molecular flexibility index (Phi) is 5.59. The highest BCUT2D eigenvalue weighted by Crippen LogP contribution is 2.41. The molecule has 0 saturated carbocycles. The van der Waals surface area contributed by atoms with Crippen LogP contribution in [-0.2, 0) is 14.3 Å². The van der Waals surface area contributed by atoms with E-state index in [1.807, 2.05) is 0 Å². The fourth-order valence-electron chi connectivity index (χ4n) is 2.71. The molecular formula is C18H15F2NO5S. The topological polar surface area (TPSA) is 76.8 Å². The third-order valence-electron chi connectivity index (χ3n) is 4.01. The summed E-state index contributed by atoms with van der Waals surface area (Å²) < 4.78 is 36.5. The van der Waals surface area contributed by atoms with Crippen molar-refractivity contribution in [3.05, 3.63) is 59.6 Å². The van der Waals surface area contributed by atoms with Gasteiger partial charge < -0.3 is 14.1 Å². The van der Waals surface area contributed by atoms with Gasteiger partial charge in [-0.1, -0.05) is 0 Å². The number of furan rings is 1. The maximum atomic E-state index is 13.2. The third-order valence-corrected chi connectivity index (χ3v) is 5.29. The number of hydrogen-bond acceptors (Lipinski definition) is 6. The first-order chi connectivity index (χ1) is 12.9. The lowest BCUT2D eigenvalue weighted by Crippen LogP contribution is -2.43. The van der Waals surface area contributed by atoms with Gasteiger partial charge in [0.05, 0.1) is 6.26 Å². The smallest absolute Gasteiger partial charge is 0.330 e. The molecule has 27 heavy (non-hydrogen) atoms. The summed E-state index contributed by atoms with van der Waals surface area (Å²) in [6.07, 6.45) is 1.47. The maximum Gasteiger partial charge on any atom is 0.330 e. The Balaban J connectivity index is 1.65. The molecule has 0 aliphatic carbocycles. The average Bonchev–Trinajstić information content (AvgIpc) is 3.30. The van der Waals surface area contributed by atoms with E-state index >= 15 is 0 Å². The second-order valence-corrected chi connectivity index (χ2v) is 6.92. The molecule has 3 rings (SSSR count). The predicted octanol–water partition coefficient (Wildman–Crippen LogP) is 2.95. The van der Waals surface area contributed by atoms with Gasteiger partial charge >= 0.3 is 5.97 Å². The van der Waals surface area contributed by atoms with Crippen LogP contribution in [0, 0.1) is 11.6 Å². The number of halogens is 2. The van der Waals surface area contributed by atoms with Gasteiger partial charge in [-0.05, 0) is 30.3 Å². The molecule has 9 heteroatoms. The maximum absolute atomic E-state index is 13.2. The Hall–Kier alpha value is -2.68. The molecule has 1 aromatic carbocycles. The van der Waals surface area contributed by atoms with E-state index in [1.54, 1.807) is 12.1 Å². The molecule has 2 atom stereocenters. The van der Waals surface area contributed by atoms with Crippen molar-refractivity contribution < 1.29 is 32.3 Å². The van der Waals surface area contributed by atoms with E-state index in [-0.39, 0.29) is 17.2 Å². The van der Waals surface area contributed by atoms with E-state index in [0.29, 0.717) is 5.76 Å². The highest BCUT2D eigenvalue weighted by atomic mass is 32.2. The number of esters is 1. The molecular weight excluding hydrogens is 380 g/mol. The van der Waals surface area contributed by atoms with Gasteiger partial charge in [0, 0.05) is 18.2 Å². The summed E-state index contributed by atoms with van der Waals surface area (Å²) in [5.41, 5.74) is -0.112. The fraction of sp³-hybridized carbons (Fsp3) is 0.278. The Morgan fingerprint density at radius 1 is 1.26 bits per heavy atom. The summed E-state index contributed by atoms with van der Waals surface area (Å²) in [7, 11) is 0. The van der Waals surface area contributed by atoms with Crippen molar-refractivity contribution in [2.24, 2.45) is 0 Å². The highest BCUT2D eigenvalue weighted by Gasteiger charge is 2.43. The number of ketones is 1. The predicted molar refractivity (Wildman–Crippen MR) is 91.9 cm³/mol. The molecule has 1 aliphatic heterocycles. The molecule has 142 valence electrons. The zero-order valence-corrected chi connectivity index (χ0v) is 15.0. The zero-order chi connectivity index (χ0) is 19.6. The van der Waals surface area contributed by atoms with E-state index in [1.165, 1.54) is 29.8 Å². The van der Waals surface area contributed by atoms with Crippen LogP contribution < -0.4 is 0 Å². The van der Waals surface area contributed by atoms with Crippen molar-refractivity contribution >= 4 is 29.4 Å². The third kappa shape index (κ3) is 4.02. The highest BCUT2D eigenvalue weighted by molar-refractivity contribution is 7.99. The summed E-state index contributed by atoms with van der Waals surface area (Å²) in [5, 5.41) is -0.461. The van der Waals surface area contributed by atoms with Crippen LogP contribution >= 0.6 is 11.8 Å². The van der Waals surface area contributed by atoms with Gasteiger partial charge in [-0.15, -0.1) is 11.8 Å². The first-order valence-electron chi connectivity index (χ1n) is 7.97. The number of carbonyl (C=O) groups is 3. The first-order valence-corrected chi connectivity index (χ1v) is 9.02. The minimum absolute atomic E-state index is 0.112. The molecule has 0 radical (unpaired) electrons. The number of thioether (sulfide) groups is 1. The van der Waals surface area contributed by atoms with Crippen LogP contribution in [-0.4, -0.2) is 41.0 Å². The monoisotopic (exact) mass is 395 g/mol. The molecule has 1 fully saturated rings. The molecule has 2 aromatic rings. The lowest BCUT2D eigenvalue weighted by Gasteiger charge is -2.25. The van der Waals surface area contributed by atoms with Gasteiger partial charge in [0.25, 0.3) is 0 Å². The quantitative estimate of drug-likeness (QED) is 0.572. The van der Waals surface area contributed by atoms with Gasteiger partial charge in [-0.2, -0.15) is 0 Å². The van der Waals surface area contributed by atoms with Crippen LogP contribution in [0.3, 0.4) is 0 Å². The van der Waals surface area contributed by atoms with Gasteiger partial charge in [0.15, 0.2) is 24.0 Å². The molecule has 2 heterocycles. The van der Waals surface area contributed by atoms with Gasteiger partial charge in [0.1, 0.15) is 17.2 Å². The second kappa shape index (κ2) is 7.91. The molecule has 1 saturated heterocycles. The van der Waals surface area contributed by atoms with E-state index in [9.17, 15) is 23.2 Å². The number of hydrogen-bond donors (Lipinski definition) is 0. The zero-order valence-electron chi connectivity index (χ0n) is 14.2. The Morgan fingerprint density at radius 2 is 2.04 bits per heavy atom. The second-order valence-electron chi connectivity index (χ2n) is 5.80. The molecule has 0 bridgehead atoms. The largest absolute Gasteiger partial charge is 0.466 e. The van der Waals surface area contributed by atoms with Crippen molar-refractivity contribution in [3.63, 3.8) is 0 Å². The van der Waals surface area contributed by atoms with Crippen molar-refractivity contribution in [2.45, 2.75) is 18.3 Å². The molecule has 1 amide bonds. The molecule has 1 aliphatic rings. The Bertz CT molecular complexity index is 871. The van der Waals surface area contributed by atoms with Crippen LogP contribution in [0.25, 0.3) is 0 Å². The van der Waals surface area contributed by atoms with Crippen LogP contribution in [0.4, 0.5) is 8.78 Å². The number of amides is 1. The number of benzene rings is 1. The normalized spacial score (nSPS) is 19.1. The molecule has 0 N–H and O–H groups in total. The van der Waals surface area contributed by atoms with E-state index < -0.39 is 41.4 Å². The minimum atomic E-state index is -1.16. The number of ether oxygens (including phenoxy) is 1.